The first-order valence-electron chi connectivity index (χ1n) is 5.05. The minimum absolute atomic E-state index is 0.710. The summed E-state index contributed by atoms with van der Waals surface area (Å²) in [5.41, 5.74) is 0. The summed E-state index contributed by atoms with van der Waals surface area (Å²) in [4.78, 5) is 4.42. The minimum atomic E-state index is 0.710. The number of thioether (sulfide) groups is 1. The van der Waals surface area contributed by atoms with Crippen molar-refractivity contribution in [3.8, 4) is 0 Å². The molecule has 0 atom stereocenters. The molecule has 1 aromatic carbocycles. The molecule has 16 heavy (non-hydrogen) atoms. The smallest absolute Gasteiger partial charge is 0.104 e. The van der Waals surface area contributed by atoms with E-state index in [0.717, 1.165) is 21.7 Å². The third kappa shape index (κ3) is 2.70. The highest BCUT2D eigenvalue weighted by atomic mass is 79.9. The molecule has 0 fully saturated rings. The van der Waals surface area contributed by atoms with Gasteiger partial charge in [-0.3, -0.25) is 0 Å². The summed E-state index contributed by atoms with van der Waals surface area (Å²) < 4.78 is 1.12. The molecule has 0 saturated heterocycles. The highest BCUT2D eigenvalue weighted by Gasteiger charge is 2.04. The Bertz CT molecular complexity index is 489. The van der Waals surface area contributed by atoms with Gasteiger partial charge in [0.2, 0.25) is 0 Å². The standard InChI is InChI=1S/C12H11BrClNS/c13-11-4-1-3-10-9(11)5-7-15-12(10)16-8-2-6-14/h1,3-5,7H,2,6,8H2. The molecule has 0 amide bonds. The van der Waals surface area contributed by atoms with Crippen LogP contribution in [-0.2, 0) is 0 Å². The Morgan fingerprint density at radius 1 is 1.25 bits per heavy atom. The van der Waals surface area contributed by atoms with E-state index in [0.29, 0.717) is 5.88 Å². The molecular weight excluding hydrogens is 306 g/mol. The van der Waals surface area contributed by atoms with Crippen molar-refractivity contribution in [3.63, 3.8) is 0 Å². The SMILES string of the molecule is ClCCCSc1nccc2c(Br)cccc12. The lowest BCUT2D eigenvalue weighted by Crippen LogP contribution is -1.86. The molecule has 0 aliphatic rings. The van der Waals surface area contributed by atoms with Gasteiger partial charge in [-0.15, -0.1) is 23.4 Å². The average molecular weight is 317 g/mol. The van der Waals surface area contributed by atoms with E-state index in [1.165, 1.54) is 10.8 Å². The molecular formula is C12H11BrClNS. The lowest BCUT2D eigenvalue weighted by Gasteiger charge is -2.05. The summed E-state index contributed by atoms with van der Waals surface area (Å²) in [5, 5.41) is 3.51. The maximum atomic E-state index is 5.67. The van der Waals surface area contributed by atoms with Gasteiger partial charge in [-0.2, -0.15) is 0 Å². The van der Waals surface area contributed by atoms with Crippen molar-refractivity contribution < 1.29 is 0 Å². The molecule has 0 aliphatic heterocycles. The van der Waals surface area contributed by atoms with Crippen LogP contribution in [-0.4, -0.2) is 16.6 Å². The van der Waals surface area contributed by atoms with Gasteiger partial charge in [-0.1, -0.05) is 28.1 Å². The number of rotatable bonds is 4. The van der Waals surface area contributed by atoms with Crippen molar-refractivity contribution in [1.29, 1.82) is 0 Å². The van der Waals surface area contributed by atoms with Crippen LogP contribution in [0.25, 0.3) is 10.8 Å². The van der Waals surface area contributed by atoms with Crippen molar-refractivity contribution in [3.05, 3.63) is 34.9 Å². The summed E-state index contributed by atoms with van der Waals surface area (Å²) in [6.07, 6.45) is 2.87. The summed E-state index contributed by atoms with van der Waals surface area (Å²) in [6, 6.07) is 8.23. The van der Waals surface area contributed by atoms with Gasteiger partial charge in [0.25, 0.3) is 0 Å². The highest BCUT2D eigenvalue weighted by Crippen LogP contribution is 2.30. The van der Waals surface area contributed by atoms with Gasteiger partial charge in [-0.25, -0.2) is 4.98 Å². The fourth-order valence-corrected chi connectivity index (χ4v) is 3.22. The Kier molecular flexibility index (Phi) is 4.50. The molecule has 2 rings (SSSR count). The first-order chi connectivity index (χ1) is 7.83. The van der Waals surface area contributed by atoms with E-state index in [9.17, 15) is 0 Å². The van der Waals surface area contributed by atoms with Crippen LogP contribution < -0.4 is 0 Å². The number of pyridine rings is 1. The number of hydrogen-bond donors (Lipinski definition) is 0. The van der Waals surface area contributed by atoms with E-state index in [1.54, 1.807) is 11.8 Å². The molecule has 1 nitrogen and oxygen atoms in total. The second kappa shape index (κ2) is 5.89. The molecule has 0 radical (unpaired) electrons. The van der Waals surface area contributed by atoms with E-state index in [-0.39, 0.29) is 0 Å². The Balaban J connectivity index is 2.34. The summed E-state index contributed by atoms with van der Waals surface area (Å²) in [7, 11) is 0. The number of nitrogens with zero attached hydrogens (tertiary/aromatic N) is 1. The van der Waals surface area contributed by atoms with Gasteiger partial charge in [-0.05, 0) is 18.6 Å². The van der Waals surface area contributed by atoms with Gasteiger partial charge in [0.15, 0.2) is 0 Å². The Morgan fingerprint density at radius 2 is 2.12 bits per heavy atom. The fourth-order valence-electron chi connectivity index (χ4n) is 1.48. The molecule has 0 spiro atoms. The second-order valence-electron chi connectivity index (χ2n) is 3.34. The molecule has 0 aliphatic carbocycles. The molecule has 0 unspecified atom stereocenters. The van der Waals surface area contributed by atoms with Gasteiger partial charge < -0.3 is 0 Å². The molecule has 84 valence electrons. The van der Waals surface area contributed by atoms with Crippen LogP contribution in [0.1, 0.15) is 6.42 Å². The molecule has 4 heteroatoms. The molecule has 0 N–H and O–H groups in total. The van der Waals surface area contributed by atoms with E-state index < -0.39 is 0 Å². The maximum absolute atomic E-state index is 5.67. The lowest BCUT2D eigenvalue weighted by atomic mass is 10.2. The van der Waals surface area contributed by atoms with Crippen LogP contribution in [0.15, 0.2) is 40.0 Å². The van der Waals surface area contributed by atoms with E-state index in [1.807, 2.05) is 18.3 Å². The number of benzene rings is 1. The predicted octanol–water partition coefficient (Wildman–Crippen LogP) is 4.72. The predicted molar refractivity (Wildman–Crippen MR) is 75.5 cm³/mol. The first-order valence-corrected chi connectivity index (χ1v) is 7.36. The van der Waals surface area contributed by atoms with Crippen LogP contribution >= 0.6 is 39.3 Å². The third-order valence-electron chi connectivity index (χ3n) is 2.23. The Hall–Kier alpha value is -0.250. The Morgan fingerprint density at radius 3 is 2.94 bits per heavy atom. The third-order valence-corrected chi connectivity index (χ3v) is 4.28. The lowest BCUT2D eigenvalue weighted by molar-refractivity contribution is 1.10. The number of fused-ring (bicyclic) bond motifs is 1. The Labute approximate surface area is 113 Å². The number of aromatic nitrogens is 1. The first kappa shape index (κ1) is 12.2. The summed E-state index contributed by atoms with van der Waals surface area (Å²) in [6.45, 7) is 0. The zero-order chi connectivity index (χ0) is 11.4. The molecule has 0 saturated carbocycles. The molecule has 1 aromatic heterocycles. The number of alkyl halides is 1. The van der Waals surface area contributed by atoms with Crippen molar-refractivity contribution in [2.75, 3.05) is 11.6 Å². The van der Waals surface area contributed by atoms with Crippen molar-refractivity contribution >= 4 is 50.1 Å². The second-order valence-corrected chi connectivity index (χ2v) is 5.66. The normalized spacial score (nSPS) is 10.9. The average Bonchev–Trinajstić information content (AvgIpc) is 2.31. The monoisotopic (exact) mass is 315 g/mol. The quantitative estimate of drug-likeness (QED) is 0.460. The maximum Gasteiger partial charge on any atom is 0.104 e. The highest BCUT2D eigenvalue weighted by molar-refractivity contribution is 9.10. The largest absolute Gasteiger partial charge is 0.249 e. The van der Waals surface area contributed by atoms with Crippen LogP contribution in [0.5, 0.6) is 0 Å². The summed E-state index contributed by atoms with van der Waals surface area (Å²) in [5.74, 6) is 1.73. The van der Waals surface area contributed by atoms with Gasteiger partial charge in [0.1, 0.15) is 5.03 Å². The number of halogens is 2. The molecule has 1 heterocycles. The van der Waals surface area contributed by atoms with E-state index >= 15 is 0 Å². The van der Waals surface area contributed by atoms with Crippen LogP contribution in [0.3, 0.4) is 0 Å². The van der Waals surface area contributed by atoms with Gasteiger partial charge in [0, 0.05) is 33.1 Å². The van der Waals surface area contributed by atoms with Crippen LogP contribution in [0.4, 0.5) is 0 Å². The van der Waals surface area contributed by atoms with Crippen molar-refractivity contribution in [2.24, 2.45) is 0 Å². The zero-order valence-electron chi connectivity index (χ0n) is 8.62. The van der Waals surface area contributed by atoms with Crippen molar-refractivity contribution in [1.82, 2.24) is 4.98 Å². The molecule has 2 aromatic rings. The minimum Gasteiger partial charge on any atom is -0.249 e. The molecule has 0 bridgehead atoms. The van der Waals surface area contributed by atoms with E-state index in [2.05, 4.69) is 33.0 Å². The number of hydrogen-bond acceptors (Lipinski definition) is 2. The zero-order valence-corrected chi connectivity index (χ0v) is 11.8. The topological polar surface area (TPSA) is 12.9 Å². The van der Waals surface area contributed by atoms with Crippen molar-refractivity contribution in [2.45, 2.75) is 11.4 Å². The van der Waals surface area contributed by atoms with Crippen LogP contribution in [0.2, 0.25) is 0 Å². The van der Waals surface area contributed by atoms with E-state index in [4.69, 9.17) is 11.6 Å². The van der Waals surface area contributed by atoms with Gasteiger partial charge in [0.05, 0.1) is 0 Å². The van der Waals surface area contributed by atoms with Gasteiger partial charge >= 0.3 is 0 Å². The van der Waals surface area contributed by atoms with Crippen LogP contribution in [0, 0.1) is 0 Å². The summed E-state index contributed by atoms with van der Waals surface area (Å²) >= 11 is 11.0. The fraction of sp³-hybridized carbons (Fsp3) is 0.250.